The van der Waals surface area contributed by atoms with Crippen LogP contribution in [0.4, 0.5) is 0 Å². The summed E-state index contributed by atoms with van der Waals surface area (Å²) < 4.78 is 14.1. The van der Waals surface area contributed by atoms with Crippen LogP contribution in [-0.4, -0.2) is 44.8 Å². The van der Waals surface area contributed by atoms with E-state index in [1.54, 1.807) is 12.1 Å². The predicted octanol–water partition coefficient (Wildman–Crippen LogP) is 6.33. The van der Waals surface area contributed by atoms with Crippen LogP contribution >= 0.6 is 0 Å². The van der Waals surface area contributed by atoms with Gasteiger partial charge in [0.1, 0.15) is 18.2 Å². The van der Waals surface area contributed by atoms with Gasteiger partial charge in [0.05, 0.1) is 35.8 Å². The van der Waals surface area contributed by atoms with Crippen LogP contribution in [-0.2, 0) is 37.4 Å². The van der Waals surface area contributed by atoms with E-state index in [-0.39, 0.29) is 11.7 Å². The van der Waals surface area contributed by atoms with Gasteiger partial charge in [0.2, 0.25) is 0 Å². The number of imidazole rings is 1. The Hall–Kier alpha value is -4.46. The van der Waals surface area contributed by atoms with Crippen molar-refractivity contribution >= 4 is 17.0 Å². The molecule has 7 nitrogen and oxygen atoms in total. The molecule has 42 heavy (non-hydrogen) atoms. The molecule has 1 N–H and O–H groups in total. The second kappa shape index (κ2) is 11.4. The van der Waals surface area contributed by atoms with E-state index in [0.29, 0.717) is 19.7 Å². The average molecular weight is 560 g/mol. The Morgan fingerprint density at radius 2 is 1.76 bits per heavy atom. The zero-order valence-corrected chi connectivity index (χ0v) is 23.4. The number of carbonyl (C=O) groups is 1. The van der Waals surface area contributed by atoms with Crippen LogP contribution in [0.1, 0.15) is 39.3 Å². The van der Waals surface area contributed by atoms with Gasteiger partial charge in [-0.2, -0.15) is 0 Å². The van der Waals surface area contributed by atoms with Crippen molar-refractivity contribution in [3.8, 4) is 16.9 Å². The van der Waals surface area contributed by atoms with Gasteiger partial charge in [0, 0.05) is 19.7 Å². The zero-order valence-electron chi connectivity index (χ0n) is 23.4. The highest BCUT2D eigenvalue weighted by Crippen LogP contribution is 2.28. The zero-order chi connectivity index (χ0) is 28.5. The lowest BCUT2D eigenvalue weighted by atomic mass is 9.99. The second-order valence-corrected chi connectivity index (χ2v) is 11.2. The summed E-state index contributed by atoms with van der Waals surface area (Å²) in [5.41, 5.74) is 8.12. The first-order valence-electron chi connectivity index (χ1n) is 14.5. The fourth-order valence-corrected chi connectivity index (χ4v) is 5.87. The number of rotatable bonds is 9. The number of hydrogen-bond donors (Lipinski definition) is 1. The number of ether oxygens (including phenoxy) is 2. The van der Waals surface area contributed by atoms with Crippen LogP contribution in [0.15, 0.2) is 91.0 Å². The highest BCUT2D eigenvalue weighted by atomic mass is 16.5. The van der Waals surface area contributed by atoms with Gasteiger partial charge < -0.3 is 19.1 Å². The molecule has 1 fully saturated rings. The molecule has 0 radical (unpaired) electrons. The van der Waals surface area contributed by atoms with Crippen LogP contribution in [0.5, 0.6) is 5.75 Å². The van der Waals surface area contributed by atoms with Gasteiger partial charge in [-0.05, 0) is 71.0 Å². The third-order valence-electron chi connectivity index (χ3n) is 8.35. The number of benzene rings is 4. The molecule has 1 aromatic heterocycles. The highest BCUT2D eigenvalue weighted by Gasteiger charge is 2.24. The monoisotopic (exact) mass is 559 g/mol. The smallest absolute Gasteiger partial charge is 0.335 e. The SMILES string of the molecule is O=C(O)c1ccc2nc(CN3CCc4ccc(OCc5ccc(-c6ccccc6)cc5)cc4C3)n(C[C@@H]3CCO3)c2c1. The van der Waals surface area contributed by atoms with Gasteiger partial charge in [-0.1, -0.05) is 60.7 Å². The highest BCUT2D eigenvalue weighted by molar-refractivity contribution is 5.92. The molecule has 0 saturated carbocycles. The Morgan fingerprint density at radius 1 is 0.952 bits per heavy atom. The molecule has 0 aliphatic carbocycles. The molecule has 0 spiro atoms. The molecule has 7 heteroatoms. The molecule has 2 aliphatic rings. The van der Waals surface area contributed by atoms with Gasteiger partial charge >= 0.3 is 5.97 Å². The van der Waals surface area contributed by atoms with Crippen molar-refractivity contribution in [3.63, 3.8) is 0 Å². The molecule has 1 atom stereocenters. The van der Waals surface area contributed by atoms with Gasteiger partial charge in [-0.3, -0.25) is 4.90 Å². The van der Waals surface area contributed by atoms with Gasteiger partial charge in [0.15, 0.2) is 0 Å². The lowest BCUT2D eigenvalue weighted by Crippen LogP contribution is -2.34. The number of carboxylic acid groups (broad SMARTS) is 1. The van der Waals surface area contributed by atoms with Gasteiger partial charge in [0.25, 0.3) is 0 Å². The quantitative estimate of drug-likeness (QED) is 0.228. The summed E-state index contributed by atoms with van der Waals surface area (Å²) in [6.45, 7) is 4.40. The number of aromatic carboxylic acids is 1. The predicted molar refractivity (Wildman–Crippen MR) is 162 cm³/mol. The largest absolute Gasteiger partial charge is 0.489 e. The minimum absolute atomic E-state index is 0.144. The Bertz CT molecular complexity index is 1730. The molecule has 0 bridgehead atoms. The summed E-state index contributed by atoms with van der Waals surface area (Å²) in [4.78, 5) is 19.0. The van der Waals surface area contributed by atoms with Gasteiger partial charge in [-0.25, -0.2) is 9.78 Å². The van der Waals surface area contributed by atoms with E-state index in [2.05, 4.69) is 76.2 Å². The van der Waals surface area contributed by atoms with Crippen molar-refractivity contribution in [1.82, 2.24) is 14.5 Å². The summed E-state index contributed by atoms with van der Waals surface area (Å²) in [7, 11) is 0. The van der Waals surface area contributed by atoms with Crippen molar-refractivity contribution in [2.45, 2.75) is 45.2 Å². The number of nitrogens with zero attached hydrogens (tertiary/aromatic N) is 3. The summed E-state index contributed by atoms with van der Waals surface area (Å²) in [5, 5.41) is 9.54. The van der Waals surface area contributed by atoms with Crippen LogP contribution in [0, 0.1) is 0 Å². The van der Waals surface area contributed by atoms with E-state index in [0.717, 1.165) is 60.7 Å². The first-order chi connectivity index (χ1) is 20.6. The van der Waals surface area contributed by atoms with Crippen molar-refractivity contribution in [2.75, 3.05) is 13.2 Å². The van der Waals surface area contributed by atoms with Crippen molar-refractivity contribution in [1.29, 1.82) is 0 Å². The molecular weight excluding hydrogens is 526 g/mol. The van der Waals surface area contributed by atoms with E-state index in [9.17, 15) is 9.90 Å². The molecule has 4 aromatic carbocycles. The topological polar surface area (TPSA) is 76.8 Å². The van der Waals surface area contributed by atoms with Crippen LogP contribution < -0.4 is 4.74 Å². The number of fused-ring (bicyclic) bond motifs is 2. The fraction of sp³-hybridized carbons (Fsp3) is 0.257. The average Bonchev–Trinajstić information content (AvgIpc) is 3.34. The fourth-order valence-electron chi connectivity index (χ4n) is 5.87. The minimum atomic E-state index is -0.930. The summed E-state index contributed by atoms with van der Waals surface area (Å²) in [6, 6.07) is 30.5. The Balaban J connectivity index is 1.05. The molecule has 2 aliphatic heterocycles. The third-order valence-corrected chi connectivity index (χ3v) is 8.35. The van der Waals surface area contributed by atoms with Crippen molar-refractivity contribution in [2.24, 2.45) is 0 Å². The maximum Gasteiger partial charge on any atom is 0.335 e. The third kappa shape index (κ3) is 5.53. The molecule has 5 aromatic rings. The van der Waals surface area contributed by atoms with Crippen LogP contribution in [0.2, 0.25) is 0 Å². The first-order valence-corrected chi connectivity index (χ1v) is 14.5. The maximum absolute atomic E-state index is 11.6. The number of hydrogen-bond acceptors (Lipinski definition) is 5. The molecule has 0 amide bonds. The normalized spacial score (nSPS) is 16.6. The van der Waals surface area contributed by atoms with E-state index in [1.165, 1.54) is 22.3 Å². The maximum atomic E-state index is 11.6. The molecule has 212 valence electrons. The standard InChI is InChI=1S/C35H33N3O4/c39-35(40)28-11-13-32-33(19-28)38(21-31-15-17-41-31)34(36-32)22-37-16-14-27-10-12-30(18-29(27)20-37)42-23-24-6-8-26(9-7-24)25-4-2-1-3-5-25/h1-13,18-19,31H,14-17,20-23H2,(H,39,40)/t31-/m0/s1. The Morgan fingerprint density at radius 3 is 2.52 bits per heavy atom. The van der Waals surface area contributed by atoms with Crippen LogP contribution in [0.3, 0.4) is 0 Å². The van der Waals surface area contributed by atoms with E-state index in [1.807, 2.05) is 12.1 Å². The second-order valence-electron chi connectivity index (χ2n) is 11.2. The molecule has 0 unspecified atom stereocenters. The molecular formula is C35H33N3O4. The first kappa shape index (κ1) is 26.4. The Kier molecular flexibility index (Phi) is 7.20. The molecule has 7 rings (SSSR count). The summed E-state index contributed by atoms with van der Waals surface area (Å²) in [6.07, 6.45) is 2.12. The van der Waals surface area contributed by atoms with Crippen LogP contribution in [0.25, 0.3) is 22.2 Å². The molecule has 1 saturated heterocycles. The number of aromatic nitrogens is 2. The lowest BCUT2D eigenvalue weighted by Gasteiger charge is -2.30. The minimum Gasteiger partial charge on any atom is -0.489 e. The van der Waals surface area contributed by atoms with E-state index >= 15 is 0 Å². The van der Waals surface area contributed by atoms with Gasteiger partial charge in [-0.15, -0.1) is 0 Å². The molecule has 3 heterocycles. The van der Waals surface area contributed by atoms with E-state index < -0.39 is 5.97 Å². The van der Waals surface area contributed by atoms with E-state index in [4.69, 9.17) is 14.5 Å². The summed E-state index contributed by atoms with van der Waals surface area (Å²) >= 11 is 0. The van der Waals surface area contributed by atoms with Crippen molar-refractivity contribution < 1.29 is 19.4 Å². The summed E-state index contributed by atoms with van der Waals surface area (Å²) in [5.74, 6) is 0.886. The Labute approximate surface area is 245 Å². The van der Waals surface area contributed by atoms with Crippen molar-refractivity contribution in [3.05, 3.63) is 119 Å². The number of carboxylic acids is 1. The lowest BCUT2D eigenvalue weighted by molar-refractivity contribution is -0.0592.